The Kier molecular flexibility index (Phi) is 7.50. The third-order valence-electron chi connectivity index (χ3n) is 12.4. The zero-order chi connectivity index (χ0) is 40.7. The largest absolute Gasteiger partial charge is 0.455 e. The van der Waals surface area contributed by atoms with Gasteiger partial charge in [-0.15, -0.1) is 10.2 Å². The van der Waals surface area contributed by atoms with Gasteiger partial charge in [0.25, 0.3) is 0 Å². The fourth-order valence-corrected chi connectivity index (χ4v) is 9.79. The van der Waals surface area contributed by atoms with Crippen LogP contribution >= 0.6 is 0 Å². The highest BCUT2D eigenvalue weighted by Gasteiger charge is 2.25. The van der Waals surface area contributed by atoms with Crippen molar-refractivity contribution in [3.05, 3.63) is 212 Å². The van der Waals surface area contributed by atoms with Crippen molar-refractivity contribution < 1.29 is 4.42 Å². The average molecular weight is 794 g/mol. The molecule has 62 heavy (non-hydrogen) atoms. The smallest absolute Gasteiger partial charge is 0.171 e. The van der Waals surface area contributed by atoms with Crippen LogP contribution in [0.15, 0.2) is 217 Å². The highest BCUT2D eigenvalue weighted by atomic mass is 16.3. The van der Waals surface area contributed by atoms with Crippen LogP contribution in [0.3, 0.4) is 0 Å². The van der Waals surface area contributed by atoms with Crippen LogP contribution in [0.1, 0.15) is 0 Å². The van der Waals surface area contributed by atoms with E-state index in [1.807, 2.05) is 30.3 Å². The van der Waals surface area contributed by atoms with Crippen molar-refractivity contribution in [1.29, 1.82) is 0 Å². The van der Waals surface area contributed by atoms with Crippen molar-refractivity contribution in [3.8, 4) is 51.0 Å². The summed E-state index contributed by atoms with van der Waals surface area (Å²) in [5.74, 6) is 1.55. The second-order valence-corrected chi connectivity index (χ2v) is 15.8. The van der Waals surface area contributed by atoms with E-state index in [2.05, 4.69) is 196 Å². The molecule has 6 heteroatoms. The Labute approximate surface area is 355 Å². The number of fused-ring (bicyclic) bond motifs is 10. The summed E-state index contributed by atoms with van der Waals surface area (Å²) in [6.07, 6.45) is 0. The number of benzene rings is 9. The maximum atomic E-state index is 6.67. The molecule has 6 nitrogen and oxygen atoms in total. The number of para-hydroxylation sites is 7. The SMILES string of the molecule is c1ccc(-c2nnc(-c3cccc4c5ccccc5n(-c5ccccc5-c5ccccc5-n5c6ccccc6c6c7oc8ccccc8c7ccc65)c34)n2-c2ccccc2)cc1. The van der Waals surface area contributed by atoms with Crippen molar-refractivity contribution >= 4 is 65.6 Å². The van der Waals surface area contributed by atoms with E-state index in [0.29, 0.717) is 0 Å². The molecule has 0 N–H and O–H groups in total. The Morgan fingerprint density at radius 1 is 0.339 bits per heavy atom. The fourth-order valence-electron chi connectivity index (χ4n) is 9.79. The average Bonchev–Trinajstić information content (AvgIpc) is 4.12. The first kappa shape index (κ1) is 34.4. The molecule has 0 bridgehead atoms. The second kappa shape index (κ2) is 13.5. The number of hydrogen-bond donors (Lipinski definition) is 0. The van der Waals surface area contributed by atoms with Crippen molar-refractivity contribution in [3.63, 3.8) is 0 Å². The lowest BCUT2D eigenvalue weighted by Crippen LogP contribution is -2.03. The van der Waals surface area contributed by atoms with Crippen molar-refractivity contribution in [2.75, 3.05) is 0 Å². The fraction of sp³-hybridized carbons (Fsp3) is 0. The zero-order valence-corrected chi connectivity index (χ0v) is 33.4. The van der Waals surface area contributed by atoms with Crippen LogP contribution in [-0.2, 0) is 0 Å². The summed E-state index contributed by atoms with van der Waals surface area (Å²) in [5, 5.41) is 16.7. The minimum absolute atomic E-state index is 0.768. The first-order valence-corrected chi connectivity index (χ1v) is 20.9. The van der Waals surface area contributed by atoms with Gasteiger partial charge in [-0.25, -0.2) is 0 Å². The van der Waals surface area contributed by atoms with Crippen molar-refractivity contribution in [1.82, 2.24) is 23.9 Å². The van der Waals surface area contributed by atoms with Gasteiger partial charge in [-0.05, 0) is 60.7 Å². The molecule has 0 aliphatic heterocycles. The molecule has 290 valence electrons. The van der Waals surface area contributed by atoms with E-state index in [4.69, 9.17) is 14.6 Å². The van der Waals surface area contributed by atoms with E-state index in [-0.39, 0.29) is 0 Å². The number of furan rings is 1. The minimum atomic E-state index is 0.768. The third-order valence-corrected chi connectivity index (χ3v) is 12.4. The van der Waals surface area contributed by atoms with Gasteiger partial charge in [0.05, 0.1) is 38.8 Å². The molecule has 0 aliphatic carbocycles. The summed E-state index contributed by atoms with van der Waals surface area (Å²) >= 11 is 0. The third kappa shape index (κ3) is 4.98. The normalized spacial score (nSPS) is 11.9. The zero-order valence-electron chi connectivity index (χ0n) is 33.4. The van der Waals surface area contributed by atoms with Gasteiger partial charge in [-0.2, -0.15) is 0 Å². The van der Waals surface area contributed by atoms with E-state index in [1.54, 1.807) is 0 Å². The van der Waals surface area contributed by atoms with E-state index in [9.17, 15) is 0 Å². The summed E-state index contributed by atoms with van der Waals surface area (Å²) in [6, 6.07) is 75.0. The number of rotatable bonds is 6. The van der Waals surface area contributed by atoms with Gasteiger partial charge in [-0.3, -0.25) is 4.57 Å². The molecule has 0 saturated carbocycles. The van der Waals surface area contributed by atoms with Gasteiger partial charge >= 0.3 is 0 Å². The maximum absolute atomic E-state index is 6.67. The number of aromatic nitrogens is 5. The highest BCUT2D eigenvalue weighted by molar-refractivity contribution is 6.24. The first-order valence-electron chi connectivity index (χ1n) is 20.9. The van der Waals surface area contributed by atoms with Gasteiger partial charge in [0.2, 0.25) is 0 Å². The van der Waals surface area contributed by atoms with Gasteiger partial charge in [0.15, 0.2) is 11.6 Å². The Balaban J connectivity index is 1.09. The molecule has 0 amide bonds. The molecule has 0 aliphatic rings. The molecule has 13 aromatic rings. The second-order valence-electron chi connectivity index (χ2n) is 15.8. The molecule has 0 spiro atoms. The standard InChI is InChI=1S/C56H35N5O/c1-3-18-36(19-4-1)55-57-58-56(59(55)37-20-5-2-6-21-37)45-28-17-27-42-40-24-9-14-31-48(40)61(53(42)45)47-30-13-8-23-39(47)38-22-7-12-29-46(38)60-49-32-15-10-26-44(49)52-50(60)35-34-43-41-25-11-16-33-51(41)62-54(43)52/h1-35H. The number of nitrogens with zero attached hydrogens (tertiary/aromatic N) is 5. The molecular weight excluding hydrogens is 759 g/mol. The van der Waals surface area contributed by atoms with Gasteiger partial charge in [0, 0.05) is 54.9 Å². The Bertz CT molecular complexity index is 3870. The molecule has 13 rings (SSSR count). The molecule has 9 aromatic carbocycles. The minimum Gasteiger partial charge on any atom is -0.455 e. The van der Waals surface area contributed by atoms with Crippen molar-refractivity contribution in [2.24, 2.45) is 0 Å². The Hall–Kier alpha value is -8.48. The Morgan fingerprint density at radius 3 is 1.68 bits per heavy atom. The van der Waals surface area contributed by atoms with Crippen molar-refractivity contribution in [2.45, 2.75) is 0 Å². The molecular formula is C56H35N5O. The molecule has 0 atom stereocenters. The van der Waals surface area contributed by atoms with Gasteiger partial charge in [0.1, 0.15) is 11.2 Å². The monoisotopic (exact) mass is 793 g/mol. The Morgan fingerprint density at radius 2 is 0.903 bits per heavy atom. The van der Waals surface area contributed by atoms with Gasteiger partial charge < -0.3 is 13.6 Å². The summed E-state index contributed by atoms with van der Waals surface area (Å²) in [6.45, 7) is 0. The van der Waals surface area contributed by atoms with E-state index in [0.717, 1.165) is 111 Å². The van der Waals surface area contributed by atoms with Crippen LogP contribution < -0.4 is 0 Å². The summed E-state index contributed by atoms with van der Waals surface area (Å²) in [5.41, 5.74) is 13.5. The molecule has 0 radical (unpaired) electrons. The van der Waals surface area contributed by atoms with Crippen LogP contribution in [0.25, 0.3) is 117 Å². The van der Waals surface area contributed by atoms with E-state index in [1.165, 1.54) is 5.39 Å². The van der Waals surface area contributed by atoms with Crippen LogP contribution in [-0.4, -0.2) is 23.9 Å². The lowest BCUT2D eigenvalue weighted by Gasteiger charge is -2.19. The predicted molar refractivity (Wildman–Crippen MR) is 254 cm³/mol. The first-order chi connectivity index (χ1) is 30.8. The van der Waals surface area contributed by atoms with E-state index >= 15 is 0 Å². The van der Waals surface area contributed by atoms with E-state index < -0.39 is 0 Å². The molecule has 0 saturated heterocycles. The quantitative estimate of drug-likeness (QED) is 0.168. The van der Waals surface area contributed by atoms with Crippen LogP contribution in [0, 0.1) is 0 Å². The highest BCUT2D eigenvalue weighted by Crippen LogP contribution is 2.45. The number of hydrogen-bond acceptors (Lipinski definition) is 3. The van der Waals surface area contributed by atoms with Gasteiger partial charge in [-0.1, -0.05) is 152 Å². The molecule has 4 heterocycles. The summed E-state index contributed by atoms with van der Waals surface area (Å²) in [4.78, 5) is 0. The topological polar surface area (TPSA) is 53.7 Å². The van der Waals surface area contributed by atoms with Crippen LogP contribution in [0.2, 0.25) is 0 Å². The molecule has 4 aromatic heterocycles. The predicted octanol–water partition coefficient (Wildman–Crippen LogP) is 14.4. The summed E-state index contributed by atoms with van der Waals surface area (Å²) in [7, 11) is 0. The molecule has 0 unspecified atom stereocenters. The molecule has 0 fully saturated rings. The maximum Gasteiger partial charge on any atom is 0.171 e. The van der Waals surface area contributed by atoms with Crippen LogP contribution in [0.4, 0.5) is 0 Å². The summed E-state index contributed by atoms with van der Waals surface area (Å²) < 4.78 is 13.7. The lowest BCUT2D eigenvalue weighted by atomic mass is 10.0. The lowest BCUT2D eigenvalue weighted by molar-refractivity contribution is 0.673. The van der Waals surface area contributed by atoms with Crippen LogP contribution in [0.5, 0.6) is 0 Å².